The van der Waals surface area contributed by atoms with Gasteiger partial charge in [0.25, 0.3) is 0 Å². The summed E-state index contributed by atoms with van der Waals surface area (Å²) in [5.74, 6) is -0.0186. The first kappa shape index (κ1) is 8.27. The van der Waals surface area contributed by atoms with Gasteiger partial charge >= 0.3 is 0 Å². The van der Waals surface area contributed by atoms with Gasteiger partial charge in [0.05, 0.1) is 0 Å². The maximum Gasteiger partial charge on any atom is 0.150 e. The predicted octanol–water partition coefficient (Wildman–Crippen LogP) is 2.07. The molecule has 1 aromatic carbocycles. The molecule has 0 bridgehead atoms. The van der Waals surface area contributed by atoms with E-state index in [0.29, 0.717) is 23.2 Å². The van der Waals surface area contributed by atoms with E-state index in [1.165, 1.54) is 6.07 Å². The molecule has 0 aliphatic rings. The summed E-state index contributed by atoms with van der Waals surface area (Å²) in [4.78, 5) is 10.2. The van der Waals surface area contributed by atoms with E-state index >= 15 is 0 Å². The normalized spacial score (nSPS) is 9.64. The summed E-state index contributed by atoms with van der Waals surface area (Å²) in [6, 6.07) is 4.34. The van der Waals surface area contributed by atoms with Crippen LogP contribution in [0.1, 0.15) is 15.9 Å². The van der Waals surface area contributed by atoms with Crippen molar-refractivity contribution in [1.82, 2.24) is 0 Å². The third-order valence-corrected chi connectivity index (χ3v) is 1.72. The van der Waals surface area contributed by atoms with Gasteiger partial charge in [0.2, 0.25) is 0 Å². The van der Waals surface area contributed by atoms with E-state index < -0.39 is 0 Å². The summed E-state index contributed by atoms with van der Waals surface area (Å²) in [6.45, 7) is 0. The molecule has 58 valence electrons. The smallest absolute Gasteiger partial charge is 0.150 e. The number of carbonyl (C=O) groups excluding carboxylic acids is 1. The highest BCUT2D eigenvalue weighted by molar-refractivity contribution is 7.79. The van der Waals surface area contributed by atoms with Gasteiger partial charge in [0, 0.05) is 11.3 Å². The topological polar surface area (TPSA) is 17.1 Å². The van der Waals surface area contributed by atoms with Gasteiger partial charge < -0.3 is 0 Å². The molecule has 0 aliphatic carbocycles. The summed E-state index contributed by atoms with van der Waals surface area (Å²) in [7, 11) is 0. The second-order valence-corrected chi connectivity index (χ2v) is 2.44. The van der Waals surface area contributed by atoms with Gasteiger partial charge in [-0.15, -0.1) is 0 Å². The van der Waals surface area contributed by atoms with Crippen LogP contribution in [0.25, 0.3) is 0 Å². The number of thiol groups is 1. The molecule has 11 heavy (non-hydrogen) atoms. The first-order chi connectivity index (χ1) is 5.27. The number of carbonyl (C=O) groups is 1. The molecule has 0 fully saturated rings. The Kier molecular flexibility index (Phi) is 2.65. The fourth-order valence-electron chi connectivity index (χ4n) is 0.765. The lowest BCUT2D eigenvalue weighted by Crippen LogP contribution is -1.88. The van der Waals surface area contributed by atoms with Crippen molar-refractivity contribution >= 4 is 18.9 Å². The molecule has 0 amide bonds. The molecule has 0 spiro atoms. The molecule has 0 aliphatic heterocycles. The Morgan fingerprint density at radius 1 is 1.55 bits per heavy atom. The molecule has 0 atom stereocenters. The lowest BCUT2D eigenvalue weighted by molar-refractivity contribution is 0.112. The van der Waals surface area contributed by atoms with E-state index in [-0.39, 0.29) is 5.82 Å². The molecular formula is C8H7FOS. The van der Waals surface area contributed by atoms with Crippen LogP contribution in [0.3, 0.4) is 0 Å². The number of hydrogen-bond donors (Lipinski definition) is 1. The minimum Gasteiger partial charge on any atom is -0.298 e. The van der Waals surface area contributed by atoms with Crippen LogP contribution >= 0.6 is 12.6 Å². The van der Waals surface area contributed by atoms with Crippen molar-refractivity contribution in [3.8, 4) is 0 Å². The van der Waals surface area contributed by atoms with Crippen molar-refractivity contribution < 1.29 is 9.18 Å². The number of hydrogen-bond acceptors (Lipinski definition) is 2. The minimum atomic E-state index is -0.371. The van der Waals surface area contributed by atoms with E-state index in [2.05, 4.69) is 12.6 Å². The van der Waals surface area contributed by atoms with Crippen molar-refractivity contribution in [2.45, 2.75) is 5.75 Å². The molecule has 0 aromatic heterocycles. The highest BCUT2D eigenvalue weighted by atomic mass is 32.1. The zero-order valence-corrected chi connectivity index (χ0v) is 6.64. The molecule has 0 saturated heterocycles. The molecule has 3 heteroatoms. The lowest BCUT2D eigenvalue weighted by atomic mass is 10.1. The summed E-state index contributed by atoms with van der Waals surface area (Å²) in [5, 5.41) is 0. The molecule has 0 heterocycles. The standard InChI is InChI=1S/C8H7FOS/c9-8-3-6(4-10)1-2-7(8)5-11/h1-4,11H,5H2. The third-order valence-electron chi connectivity index (χ3n) is 1.38. The number of aldehydes is 1. The van der Waals surface area contributed by atoms with Gasteiger partial charge in [-0.3, -0.25) is 4.79 Å². The average molecular weight is 170 g/mol. The molecule has 0 saturated carbocycles. The van der Waals surface area contributed by atoms with Gasteiger partial charge in [-0.25, -0.2) is 4.39 Å². The van der Waals surface area contributed by atoms with Gasteiger partial charge in [0.15, 0.2) is 0 Å². The van der Waals surface area contributed by atoms with Crippen LogP contribution in [0.2, 0.25) is 0 Å². The van der Waals surface area contributed by atoms with Crippen LogP contribution in [0.15, 0.2) is 18.2 Å². The zero-order valence-electron chi connectivity index (χ0n) is 5.75. The van der Waals surface area contributed by atoms with Crippen molar-refractivity contribution in [3.63, 3.8) is 0 Å². The number of halogens is 1. The second-order valence-electron chi connectivity index (χ2n) is 2.13. The van der Waals surface area contributed by atoms with Crippen LogP contribution in [-0.2, 0) is 5.75 Å². The molecule has 0 radical (unpaired) electrons. The van der Waals surface area contributed by atoms with E-state index in [1.54, 1.807) is 12.1 Å². The van der Waals surface area contributed by atoms with Crippen LogP contribution in [0.5, 0.6) is 0 Å². The van der Waals surface area contributed by atoms with Gasteiger partial charge in [-0.05, 0) is 11.6 Å². The van der Waals surface area contributed by atoms with Crippen molar-refractivity contribution in [2.75, 3.05) is 0 Å². The average Bonchev–Trinajstić information content (AvgIpc) is 2.04. The van der Waals surface area contributed by atoms with Crippen LogP contribution in [0.4, 0.5) is 4.39 Å². The molecular weight excluding hydrogens is 163 g/mol. The summed E-state index contributed by atoms with van der Waals surface area (Å²) in [5.41, 5.74) is 0.868. The SMILES string of the molecule is O=Cc1ccc(CS)c(F)c1. The van der Waals surface area contributed by atoms with Crippen LogP contribution in [-0.4, -0.2) is 6.29 Å². The van der Waals surface area contributed by atoms with Crippen LogP contribution < -0.4 is 0 Å². The summed E-state index contributed by atoms with van der Waals surface area (Å²) < 4.78 is 12.8. The monoisotopic (exact) mass is 170 g/mol. The highest BCUT2D eigenvalue weighted by Gasteiger charge is 1.99. The van der Waals surface area contributed by atoms with Crippen molar-refractivity contribution in [2.24, 2.45) is 0 Å². The molecule has 1 aromatic rings. The maximum atomic E-state index is 12.8. The van der Waals surface area contributed by atoms with Gasteiger partial charge in [-0.2, -0.15) is 12.6 Å². The fraction of sp³-hybridized carbons (Fsp3) is 0.125. The maximum absolute atomic E-state index is 12.8. The summed E-state index contributed by atoms with van der Waals surface area (Å²) >= 11 is 3.92. The highest BCUT2D eigenvalue weighted by Crippen LogP contribution is 2.10. The Labute approximate surface area is 69.6 Å². The Morgan fingerprint density at radius 2 is 2.27 bits per heavy atom. The zero-order chi connectivity index (χ0) is 8.27. The molecule has 0 N–H and O–H groups in total. The van der Waals surface area contributed by atoms with E-state index in [9.17, 15) is 9.18 Å². The molecule has 0 unspecified atom stereocenters. The molecule has 1 rings (SSSR count). The fourth-order valence-corrected chi connectivity index (χ4v) is 1.02. The van der Waals surface area contributed by atoms with Crippen molar-refractivity contribution in [1.29, 1.82) is 0 Å². The van der Waals surface area contributed by atoms with E-state index in [1.807, 2.05) is 0 Å². The lowest BCUT2D eigenvalue weighted by Gasteiger charge is -1.97. The van der Waals surface area contributed by atoms with Gasteiger partial charge in [-0.1, -0.05) is 12.1 Å². The Bertz CT molecular complexity index is 273. The Hall–Kier alpha value is -0.830. The Balaban J connectivity index is 3.09. The summed E-state index contributed by atoms with van der Waals surface area (Å²) in [6.07, 6.45) is 0.616. The van der Waals surface area contributed by atoms with E-state index in [0.717, 1.165) is 0 Å². The first-order valence-corrected chi connectivity index (χ1v) is 3.75. The molecule has 1 nitrogen and oxygen atoms in total. The third kappa shape index (κ3) is 1.80. The number of benzene rings is 1. The first-order valence-electron chi connectivity index (χ1n) is 3.12. The van der Waals surface area contributed by atoms with Crippen molar-refractivity contribution in [3.05, 3.63) is 35.1 Å². The van der Waals surface area contributed by atoms with E-state index in [4.69, 9.17) is 0 Å². The quantitative estimate of drug-likeness (QED) is 0.531. The predicted molar refractivity (Wildman–Crippen MR) is 44.5 cm³/mol. The largest absolute Gasteiger partial charge is 0.298 e. The second kappa shape index (κ2) is 3.53. The number of rotatable bonds is 2. The van der Waals surface area contributed by atoms with Gasteiger partial charge in [0.1, 0.15) is 12.1 Å². The Morgan fingerprint density at radius 3 is 2.73 bits per heavy atom. The minimum absolute atomic E-state index is 0.352. The van der Waals surface area contributed by atoms with Crippen LogP contribution in [0, 0.1) is 5.82 Å².